The van der Waals surface area contributed by atoms with E-state index in [0.29, 0.717) is 26.3 Å². The van der Waals surface area contributed by atoms with Gasteiger partial charge < -0.3 is 18.8 Å². The molecular formula is C19H20N2O4. The van der Waals surface area contributed by atoms with Gasteiger partial charge in [-0.15, -0.1) is 0 Å². The highest BCUT2D eigenvalue weighted by Gasteiger charge is 2.30. The lowest BCUT2D eigenvalue weighted by molar-refractivity contribution is 0.0727. The van der Waals surface area contributed by atoms with Gasteiger partial charge in [0.2, 0.25) is 0 Å². The van der Waals surface area contributed by atoms with Gasteiger partial charge in [0.25, 0.3) is 5.91 Å². The van der Waals surface area contributed by atoms with Gasteiger partial charge in [0.05, 0.1) is 25.7 Å². The molecule has 1 saturated heterocycles. The molecule has 3 aliphatic heterocycles. The van der Waals surface area contributed by atoms with E-state index in [-0.39, 0.29) is 11.8 Å². The predicted octanol–water partition coefficient (Wildman–Crippen LogP) is 2.31. The maximum absolute atomic E-state index is 12.9. The monoisotopic (exact) mass is 340 g/mol. The molecule has 0 saturated carbocycles. The zero-order valence-corrected chi connectivity index (χ0v) is 14.0. The first-order valence-electron chi connectivity index (χ1n) is 8.89. The fraction of sp³-hybridized carbons (Fsp3) is 0.474. The molecule has 2 aromatic rings. The van der Waals surface area contributed by atoms with Crippen LogP contribution in [0.3, 0.4) is 0 Å². The van der Waals surface area contributed by atoms with E-state index in [1.807, 2.05) is 23.1 Å². The molecule has 1 amide bonds. The van der Waals surface area contributed by atoms with Gasteiger partial charge in [-0.1, -0.05) is 0 Å². The number of benzene rings is 1. The van der Waals surface area contributed by atoms with Crippen molar-refractivity contribution >= 4 is 5.91 Å². The highest BCUT2D eigenvalue weighted by molar-refractivity contribution is 5.94. The smallest absolute Gasteiger partial charge is 0.254 e. The van der Waals surface area contributed by atoms with Crippen LogP contribution in [0.2, 0.25) is 0 Å². The van der Waals surface area contributed by atoms with Crippen LogP contribution in [0.15, 0.2) is 22.6 Å². The summed E-state index contributed by atoms with van der Waals surface area (Å²) in [5, 5.41) is 0. The third-order valence-electron chi connectivity index (χ3n) is 5.25. The molecule has 0 radical (unpaired) electrons. The second kappa shape index (κ2) is 5.88. The fourth-order valence-corrected chi connectivity index (χ4v) is 3.80. The van der Waals surface area contributed by atoms with Crippen molar-refractivity contribution in [3.8, 4) is 5.75 Å². The summed E-state index contributed by atoms with van der Waals surface area (Å²) in [6, 6.07) is 5.72. The van der Waals surface area contributed by atoms with Gasteiger partial charge in [0.15, 0.2) is 5.89 Å². The topological polar surface area (TPSA) is 64.8 Å². The standard InChI is InChI=1S/C19H20N2O4/c22-19(13-1-2-16-12(9-13)5-8-24-16)21-6-3-17-15(10-21)20-18(25-17)14-4-7-23-11-14/h1-2,9,14H,3-8,10-11H2. The highest BCUT2D eigenvalue weighted by atomic mass is 16.5. The summed E-state index contributed by atoms with van der Waals surface area (Å²) < 4.78 is 16.9. The van der Waals surface area contributed by atoms with Crippen LogP contribution in [-0.4, -0.2) is 42.2 Å². The van der Waals surface area contributed by atoms with Crippen LogP contribution < -0.4 is 4.74 Å². The van der Waals surface area contributed by atoms with Crippen LogP contribution in [0.25, 0.3) is 0 Å². The molecule has 5 rings (SSSR count). The van der Waals surface area contributed by atoms with Gasteiger partial charge in [-0.05, 0) is 30.2 Å². The van der Waals surface area contributed by atoms with Crippen LogP contribution in [0.5, 0.6) is 5.75 Å². The van der Waals surface area contributed by atoms with Crippen LogP contribution >= 0.6 is 0 Å². The number of amides is 1. The summed E-state index contributed by atoms with van der Waals surface area (Å²) in [6.45, 7) is 3.32. The quantitative estimate of drug-likeness (QED) is 0.839. The first kappa shape index (κ1) is 15.0. The Morgan fingerprint density at radius 2 is 2.20 bits per heavy atom. The van der Waals surface area contributed by atoms with Crippen molar-refractivity contribution in [2.24, 2.45) is 0 Å². The normalized spacial score (nSPS) is 21.8. The molecule has 1 atom stereocenters. The van der Waals surface area contributed by atoms with Gasteiger partial charge >= 0.3 is 0 Å². The van der Waals surface area contributed by atoms with Crippen molar-refractivity contribution in [1.29, 1.82) is 0 Å². The van der Waals surface area contributed by atoms with E-state index < -0.39 is 0 Å². The Morgan fingerprint density at radius 3 is 3.08 bits per heavy atom. The summed E-state index contributed by atoms with van der Waals surface area (Å²) in [5.41, 5.74) is 2.74. The Bertz CT molecular complexity index is 823. The van der Waals surface area contributed by atoms with E-state index in [0.717, 1.165) is 60.1 Å². The molecule has 0 aliphatic carbocycles. The van der Waals surface area contributed by atoms with Crippen LogP contribution in [0, 0.1) is 0 Å². The summed E-state index contributed by atoms with van der Waals surface area (Å²) >= 11 is 0. The lowest BCUT2D eigenvalue weighted by atomic mass is 10.1. The molecule has 4 heterocycles. The lowest BCUT2D eigenvalue weighted by Gasteiger charge is -2.25. The van der Waals surface area contributed by atoms with E-state index in [4.69, 9.17) is 13.9 Å². The second-order valence-corrected chi connectivity index (χ2v) is 6.88. The maximum Gasteiger partial charge on any atom is 0.254 e. The predicted molar refractivity (Wildman–Crippen MR) is 88.8 cm³/mol. The molecule has 0 bridgehead atoms. The number of hydrogen-bond donors (Lipinski definition) is 0. The van der Waals surface area contributed by atoms with E-state index in [1.165, 1.54) is 0 Å². The Hall–Kier alpha value is -2.34. The molecule has 3 aliphatic rings. The van der Waals surface area contributed by atoms with Gasteiger partial charge in [0.1, 0.15) is 17.2 Å². The molecule has 130 valence electrons. The lowest BCUT2D eigenvalue weighted by Crippen LogP contribution is -2.35. The third-order valence-corrected chi connectivity index (χ3v) is 5.25. The Morgan fingerprint density at radius 1 is 1.24 bits per heavy atom. The average molecular weight is 340 g/mol. The van der Waals surface area contributed by atoms with Gasteiger partial charge in [-0.3, -0.25) is 4.79 Å². The third kappa shape index (κ3) is 2.61. The zero-order valence-electron chi connectivity index (χ0n) is 14.0. The molecule has 1 aromatic carbocycles. The molecule has 25 heavy (non-hydrogen) atoms. The number of hydrogen-bond acceptors (Lipinski definition) is 5. The minimum Gasteiger partial charge on any atom is -0.493 e. The van der Waals surface area contributed by atoms with E-state index in [2.05, 4.69) is 4.98 Å². The van der Waals surface area contributed by atoms with E-state index >= 15 is 0 Å². The van der Waals surface area contributed by atoms with Crippen molar-refractivity contribution < 1.29 is 18.7 Å². The van der Waals surface area contributed by atoms with Gasteiger partial charge in [-0.25, -0.2) is 4.98 Å². The number of oxazole rings is 1. The van der Waals surface area contributed by atoms with Gasteiger partial charge in [-0.2, -0.15) is 0 Å². The SMILES string of the molecule is O=C(c1ccc2c(c1)CCO2)N1CCc2oc(C3CCOC3)nc2C1. The number of nitrogens with zero attached hydrogens (tertiary/aromatic N) is 2. The number of carbonyl (C=O) groups is 1. The first-order chi connectivity index (χ1) is 12.3. The number of aromatic nitrogens is 1. The number of rotatable bonds is 2. The fourth-order valence-electron chi connectivity index (χ4n) is 3.80. The molecule has 6 heteroatoms. The molecule has 1 fully saturated rings. The minimum atomic E-state index is 0.0501. The maximum atomic E-state index is 12.9. The molecule has 0 spiro atoms. The summed E-state index contributed by atoms with van der Waals surface area (Å²) in [6.07, 6.45) is 2.55. The number of carbonyl (C=O) groups excluding carboxylic acids is 1. The summed E-state index contributed by atoms with van der Waals surface area (Å²) in [7, 11) is 0. The Labute approximate surface area is 145 Å². The second-order valence-electron chi connectivity index (χ2n) is 6.88. The Kier molecular flexibility index (Phi) is 3.52. The number of fused-ring (bicyclic) bond motifs is 2. The van der Waals surface area contributed by atoms with Crippen molar-refractivity contribution in [2.45, 2.75) is 31.7 Å². The molecule has 1 aromatic heterocycles. The van der Waals surface area contributed by atoms with Crippen molar-refractivity contribution in [3.05, 3.63) is 46.7 Å². The minimum absolute atomic E-state index is 0.0501. The Balaban J connectivity index is 1.35. The van der Waals surface area contributed by atoms with Crippen molar-refractivity contribution in [1.82, 2.24) is 9.88 Å². The van der Waals surface area contributed by atoms with E-state index in [1.54, 1.807) is 0 Å². The van der Waals surface area contributed by atoms with Gasteiger partial charge in [0, 0.05) is 31.6 Å². The highest BCUT2D eigenvalue weighted by Crippen LogP contribution is 2.30. The number of ether oxygens (including phenoxy) is 2. The molecule has 0 N–H and O–H groups in total. The first-order valence-corrected chi connectivity index (χ1v) is 8.89. The van der Waals surface area contributed by atoms with Crippen molar-refractivity contribution in [2.75, 3.05) is 26.4 Å². The summed E-state index contributed by atoms with van der Waals surface area (Å²) in [4.78, 5) is 19.4. The van der Waals surface area contributed by atoms with E-state index in [9.17, 15) is 4.79 Å². The zero-order chi connectivity index (χ0) is 16.8. The average Bonchev–Trinajstić information content (AvgIpc) is 3.39. The van der Waals surface area contributed by atoms with Crippen LogP contribution in [-0.2, 0) is 24.1 Å². The largest absolute Gasteiger partial charge is 0.493 e. The summed E-state index contributed by atoms with van der Waals surface area (Å²) in [5.74, 6) is 2.90. The van der Waals surface area contributed by atoms with Crippen molar-refractivity contribution in [3.63, 3.8) is 0 Å². The van der Waals surface area contributed by atoms with Crippen LogP contribution in [0.4, 0.5) is 0 Å². The molecule has 1 unspecified atom stereocenters. The van der Waals surface area contributed by atoms with Crippen LogP contribution in [0.1, 0.15) is 45.6 Å². The molecular weight excluding hydrogens is 320 g/mol. The molecule has 6 nitrogen and oxygen atoms in total.